The first-order valence-electron chi connectivity index (χ1n) is 24.6. The number of nitrogens with zero attached hydrogens (tertiary/aromatic N) is 4. The highest BCUT2D eigenvalue weighted by Gasteiger charge is 2.36. The molecule has 14 rings (SSSR count). The van der Waals surface area contributed by atoms with E-state index in [1.807, 2.05) is 0 Å². The lowest BCUT2D eigenvalue weighted by atomic mass is 9.81. The van der Waals surface area contributed by atoms with Crippen LogP contribution in [0.5, 0.6) is 0 Å². The highest BCUT2D eigenvalue weighted by Crippen LogP contribution is 2.52. The zero-order valence-electron chi connectivity index (χ0n) is 40.0. The van der Waals surface area contributed by atoms with Gasteiger partial charge < -0.3 is 9.47 Å². The fourth-order valence-electron chi connectivity index (χ4n) is 12.1. The lowest BCUT2D eigenvalue weighted by Gasteiger charge is -2.26. The Hall–Kier alpha value is -8.38. The number of fused-ring (bicyclic) bond motifs is 10. The number of hydrogen-bond acceptors (Lipinski definition) is 4. The summed E-state index contributed by atoms with van der Waals surface area (Å²) in [5, 5.41) is 2.51. The third-order valence-electron chi connectivity index (χ3n) is 15.7. The summed E-state index contributed by atoms with van der Waals surface area (Å²) in [6.45, 7) is 9.39. The quantitative estimate of drug-likeness (QED) is 0.160. The minimum absolute atomic E-state index is 0.0701. The van der Waals surface area contributed by atoms with Gasteiger partial charge in [-0.25, -0.2) is 0 Å². The van der Waals surface area contributed by atoms with Crippen LogP contribution in [0.3, 0.4) is 0 Å². The van der Waals surface area contributed by atoms with Crippen LogP contribution in [0.1, 0.15) is 49.9 Å². The van der Waals surface area contributed by atoms with Gasteiger partial charge in [0.15, 0.2) is 0 Å². The van der Waals surface area contributed by atoms with Crippen molar-refractivity contribution in [2.75, 3.05) is 4.90 Å². The topological polar surface area (TPSA) is 34.0 Å². The summed E-state index contributed by atoms with van der Waals surface area (Å²) in [4.78, 5) is 2.34. The van der Waals surface area contributed by atoms with Gasteiger partial charge in [-0.2, -0.15) is 8.75 Å². The van der Waals surface area contributed by atoms with Crippen LogP contribution in [0.4, 0.5) is 17.1 Å². The van der Waals surface area contributed by atoms with Crippen molar-refractivity contribution in [1.82, 2.24) is 13.3 Å². The summed E-state index contributed by atoms with van der Waals surface area (Å²) >= 11 is 1.27. The molecule has 0 spiro atoms. The lowest BCUT2D eigenvalue weighted by molar-refractivity contribution is 0.660. The molecule has 0 saturated heterocycles. The number of aromatic nitrogens is 3. The van der Waals surface area contributed by atoms with E-state index < -0.39 is 0 Å². The summed E-state index contributed by atoms with van der Waals surface area (Å²) in [5.41, 5.74) is 26.0. The monoisotopic (exact) mass is 928 g/mol. The second-order valence-corrected chi connectivity index (χ2v) is 20.8. The van der Waals surface area contributed by atoms with Crippen molar-refractivity contribution in [3.05, 3.63) is 241 Å². The van der Waals surface area contributed by atoms with Gasteiger partial charge >= 0.3 is 0 Å². The number of hydrogen-bond donors (Lipinski definition) is 0. The van der Waals surface area contributed by atoms with Crippen LogP contribution in [0.15, 0.2) is 218 Å². The Labute approximate surface area is 418 Å². The Kier molecular flexibility index (Phi) is 9.11. The predicted molar refractivity (Wildman–Crippen MR) is 298 cm³/mol. The van der Waals surface area contributed by atoms with Crippen LogP contribution >= 0.6 is 11.7 Å². The van der Waals surface area contributed by atoms with Gasteiger partial charge in [0.25, 0.3) is 0 Å². The maximum Gasteiger partial charge on any atom is 0.129 e. The predicted octanol–water partition coefficient (Wildman–Crippen LogP) is 17.9. The molecule has 2 aromatic heterocycles. The van der Waals surface area contributed by atoms with Crippen LogP contribution in [0.2, 0.25) is 0 Å². The molecule has 0 amide bonds. The maximum atomic E-state index is 5.05. The summed E-state index contributed by atoms with van der Waals surface area (Å²) in [6.07, 6.45) is 0. The molecule has 0 bridgehead atoms. The Morgan fingerprint density at radius 2 is 0.789 bits per heavy atom. The van der Waals surface area contributed by atoms with Crippen molar-refractivity contribution in [1.29, 1.82) is 0 Å². The molecular formula is C66H48N4S. The van der Waals surface area contributed by atoms with Gasteiger partial charge in [0.1, 0.15) is 11.0 Å². The fourth-order valence-corrected chi connectivity index (χ4v) is 12.6. The van der Waals surface area contributed by atoms with Crippen molar-refractivity contribution in [2.24, 2.45) is 0 Å². The standard InChI is InChI=1S/C66H48N4S/c1-65(2)56-17-9-5-13-50(56)52-35-27-44(39-58(52)65)41-21-29-46(30-22-41)69(47-31-23-42(24-32-47)45-28-36-53-51-14-6-10-18-57(51)66(3,4)59(53)40-45)62-38-37-49(63-64(62)68-71-67-63)43-25-33-48(34-26-43)70-60-19-11-7-15-54(60)55-16-8-12-20-61(55)70/h5-40H,1-4H3. The minimum Gasteiger partial charge on any atom is -0.309 e. The Morgan fingerprint density at radius 3 is 1.32 bits per heavy atom. The number of benzene rings is 10. The Balaban J connectivity index is 0.851. The van der Waals surface area contributed by atoms with Crippen molar-refractivity contribution in [2.45, 2.75) is 38.5 Å². The highest BCUT2D eigenvalue weighted by molar-refractivity contribution is 7.00. The van der Waals surface area contributed by atoms with Gasteiger partial charge in [-0.1, -0.05) is 173 Å². The third-order valence-corrected chi connectivity index (χ3v) is 16.3. The van der Waals surface area contributed by atoms with Gasteiger partial charge in [0.2, 0.25) is 0 Å². The van der Waals surface area contributed by atoms with Gasteiger partial charge in [-0.05, 0) is 145 Å². The van der Waals surface area contributed by atoms with E-state index in [-0.39, 0.29) is 10.8 Å². The molecule has 10 aromatic carbocycles. The molecule has 0 N–H and O–H groups in total. The molecule has 0 unspecified atom stereocenters. The zero-order chi connectivity index (χ0) is 47.6. The van der Waals surface area contributed by atoms with Crippen LogP contribution in [0, 0.1) is 0 Å². The maximum absolute atomic E-state index is 5.05. The molecule has 0 fully saturated rings. The number of rotatable bonds is 7. The van der Waals surface area contributed by atoms with Crippen molar-refractivity contribution < 1.29 is 0 Å². The van der Waals surface area contributed by atoms with Crippen LogP contribution in [0.25, 0.3) is 94.2 Å². The zero-order valence-corrected chi connectivity index (χ0v) is 40.8. The summed E-state index contributed by atoms with van der Waals surface area (Å²) in [5.74, 6) is 0. The molecule has 5 heteroatoms. The van der Waals surface area contributed by atoms with E-state index >= 15 is 0 Å². The molecule has 0 saturated carbocycles. The molecule has 2 aliphatic rings. The molecule has 338 valence electrons. The molecule has 71 heavy (non-hydrogen) atoms. The summed E-state index contributed by atoms with van der Waals surface area (Å²) < 4.78 is 12.4. The van der Waals surface area contributed by atoms with Gasteiger partial charge in [-0.3, -0.25) is 0 Å². The van der Waals surface area contributed by atoms with Crippen LogP contribution < -0.4 is 4.90 Å². The van der Waals surface area contributed by atoms with E-state index in [0.29, 0.717) is 0 Å². The van der Waals surface area contributed by atoms with E-state index in [2.05, 4.69) is 256 Å². The molecule has 4 nitrogen and oxygen atoms in total. The minimum atomic E-state index is -0.0701. The van der Waals surface area contributed by atoms with Crippen molar-refractivity contribution >= 4 is 61.6 Å². The molecule has 12 aromatic rings. The molecular weight excluding hydrogens is 881 g/mol. The van der Waals surface area contributed by atoms with E-state index in [4.69, 9.17) is 8.75 Å². The van der Waals surface area contributed by atoms with Crippen molar-refractivity contribution in [3.8, 4) is 61.3 Å². The summed E-state index contributed by atoms with van der Waals surface area (Å²) in [7, 11) is 0. The molecule has 2 heterocycles. The first kappa shape index (κ1) is 41.6. The number of para-hydroxylation sites is 2. The Bertz CT molecular complexity index is 3890. The van der Waals surface area contributed by atoms with Crippen LogP contribution in [-0.2, 0) is 10.8 Å². The average Bonchev–Trinajstić information content (AvgIpc) is 4.16. The number of anilines is 3. The summed E-state index contributed by atoms with van der Waals surface area (Å²) in [6, 6.07) is 80.4. The smallest absolute Gasteiger partial charge is 0.129 e. The van der Waals surface area contributed by atoms with Crippen molar-refractivity contribution in [3.63, 3.8) is 0 Å². The average molecular weight is 929 g/mol. The second-order valence-electron chi connectivity index (χ2n) is 20.3. The molecule has 0 radical (unpaired) electrons. The van der Waals surface area contributed by atoms with Gasteiger partial charge in [-0.15, -0.1) is 0 Å². The second kappa shape index (κ2) is 15.6. The third kappa shape index (κ3) is 6.29. The van der Waals surface area contributed by atoms with E-state index in [9.17, 15) is 0 Å². The van der Waals surface area contributed by atoms with E-state index in [1.54, 1.807) is 0 Å². The Morgan fingerprint density at radius 1 is 0.366 bits per heavy atom. The first-order chi connectivity index (χ1) is 34.7. The normalized spacial score (nSPS) is 13.9. The fraction of sp³-hybridized carbons (Fsp3) is 0.0909. The van der Waals surface area contributed by atoms with Gasteiger partial charge in [0.05, 0.1) is 28.4 Å². The molecule has 0 aliphatic heterocycles. The molecule has 0 atom stereocenters. The van der Waals surface area contributed by atoms with Gasteiger partial charge in [0, 0.05) is 44.2 Å². The largest absolute Gasteiger partial charge is 0.309 e. The SMILES string of the molecule is CC1(C)c2ccccc2-c2ccc(-c3ccc(N(c4ccc(-c5ccc6c(c5)C(C)(C)c5ccccc5-6)cc4)c4ccc(-c5ccc(-n6c7ccccc7c7ccccc76)cc5)c5nsnc45)cc3)cc21. The first-order valence-corrected chi connectivity index (χ1v) is 25.3. The van der Waals surface area contributed by atoms with E-state index in [0.717, 1.165) is 44.9 Å². The molecule has 2 aliphatic carbocycles. The highest BCUT2D eigenvalue weighted by atomic mass is 32.1. The van der Waals surface area contributed by atoms with E-state index in [1.165, 1.54) is 100 Å². The lowest BCUT2D eigenvalue weighted by Crippen LogP contribution is -2.14. The van der Waals surface area contributed by atoms with Crippen LogP contribution in [-0.4, -0.2) is 13.3 Å².